The van der Waals surface area contributed by atoms with Gasteiger partial charge in [0.2, 0.25) is 5.91 Å². The Balaban J connectivity index is 0.00000288. The van der Waals surface area contributed by atoms with Crippen LogP contribution in [0.1, 0.15) is 11.1 Å². The first-order chi connectivity index (χ1) is 10.8. The number of hydrogen-bond donors (Lipinski definition) is 1. The van der Waals surface area contributed by atoms with Gasteiger partial charge in [0.25, 0.3) is 0 Å². The molecule has 0 bridgehead atoms. The van der Waals surface area contributed by atoms with Crippen LogP contribution in [0.3, 0.4) is 0 Å². The summed E-state index contributed by atoms with van der Waals surface area (Å²) in [7, 11) is 1.58. The van der Waals surface area contributed by atoms with E-state index < -0.39 is 17.7 Å². The Bertz CT molecular complexity index is 722. The molecule has 3 nitrogen and oxygen atoms in total. The van der Waals surface area contributed by atoms with E-state index in [9.17, 15) is 13.6 Å². The van der Waals surface area contributed by atoms with Crippen LogP contribution in [0.15, 0.2) is 36.4 Å². The lowest BCUT2D eigenvalue weighted by atomic mass is 10.0. The predicted molar refractivity (Wildman–Crippen MR) is 98.0 cm³/mol. The van der Waals surface area contributed by atoms with Crippen LogP contribution in [-0.4, -0.2) is 19.0 Å². The Hall–Kier alpha value is -1.63. The maximum atomic E-state index is 13.2. The van der Waals surface area contributed by atoms with Crippen molar-refractivity contribution in [2.75, 3.05) is 11.9 Å². The van der Waals surface area contributed by atoms with Crippen LogP contribution in [0.25, 0.3) is 0 Å². The van der Waals surface area contributed by atoms with Crippen LogP contribution >= 0.6 is 25.1 Å². The van der Waals surface area contributed by atoms with Gasteiger partial charge in [-0.3, -0.25) is 4.79 Å². The van der Waals surface area contributed by atoms with Crippen LogP contribution in [0.4, 0.5) is 14.5 Å². The molecule has 0 aliphatic heterocycles. The van der Waals surface area contributed by atoms with Gasteiger partial charge >= 0.3 is 0 Å². The number of halogens is 3. The third kappa shape index (κ3) is 4.93. The van der Waals surface area contributed by atoms with Gasteiger partial charge in [-0.05, 0) is 48.7 Å². The van der Waals surface area contributed by atoms with Crippen molar-refractivity contribution in [2.24, 2.45) is 5.73 Å². The Labute approximate surface area is 151 Å². The Kier molecular flexibility index (Phi) is 7.20. The Morgan fingerprint density at radius 2 is 1.79 bits per heavy atom. The number of carbonyl (C=O) groups is 1. The van der Waals surface area contributed by atoms with Gasteiger partial charge in [0.1, 0.15) is 11.6 Å². The van der Waals surface area contributed by atoms with E-state index >= 15 is 0 Å². The summed E-state index contributed by atoms with van der Waals surface area (Å²) in [6.45, 7) is 1.86. The van der Waals surface area contributed by atoms with E-state index in [1.165, 1.54) is 17.0 Å². The molecule has 0 aliphatic rings. The summed E-state index contributed by atoms with van der Waals surface area (Å²) in [4.78, 5) is 13.8. The lowest BCUT2D eigenvalue weighted by Crippen LogP contribution is -2.43. The van der Waals surface area contributed by atoms with Crippen molar-refractivity contribution in [1.29, 1.82) is 0 Å². The highest BCUT2D eigenvalue weighted by molar-refractivity contribution is 7.59. The van der Waals surface area contributed by atoms with E-state index in [2.05, 4.69) is 0 Å². The molecule has 0 saturated carbocycles. The molecule has 0 aromatic heterocycles. The Morgan fingerprint density at radius 1 is 1.21 bits per heavy atom. The fraction of sp³-hybridized carbons (Fsp3) is 0.235. The van der Waals surface area contributed by atoms with Gasteiger partial charge in [-0.15, -0.1) is 0 Å². The number of nitrogens with two attached hydrogens (primary N) is 1. The molecule has 1 amide bonds. The lowest BCUT2D eigenvalue weighted by molar-refractivity contribution is -0.119. The molecule has 0 spiro atoms. The zero-order valence-electron chi connectivity index (χ0n) is 13.3. The van der Waals surface area contributed by atoms with Crippen LogP contribution in [0, 0.1) is 18.6 Å². The molecule has 1 atom stereocenters. The highest BCUT2D eigenvalue weighted by Crippen LogP contribution is 2.23. The maximum Gasteiger partial charge on any atom is 0.243 e. The van der Waals surface area contributed by atoms with Crippen molar-refractivity contribution in [1.82, 2.24) is 0 Å². The smallest absolute Gasteiger partial charge is 0.243 e. The van der Waals surface area contributed by atoms with Gasteiger partial charge in [0, 0.05) is 23.8 Å². The molecular weight excluding hydrogens is 354 g/mol. The first-order valence-electron chi connectivity index (χ1n) is 7.02. The van der Waals surface area contributed by atoms with Crippen molar-refractivity contribution in [3.63, 3.8) is 0 Å². The highest BCUT2D eigenvalue weighted by atomic mass is 35.5. The van der Waals surface area contributed by atoms with E-state index in [4.69, 9.17) is 17.3 Å². The molecule has 0 radical (unpaired) electrons. The monoisotopic (exact) mass is 372 g/mol. The minimum atomic E-state index is -0.915. The maximum absolute atomic E-state index is 13.2. The Morgan fingerprint density at radius 3 is 2.33 bits per heavy atom. The topological polar surface area (TPSA) is 46.3 Å². The largest absolute Gasteiger partial charge is 0.320 e. The molecule has 2 rings (SSSR count). The minimum absolute atomic E-state index is 0. The molecule has 2 aromatic carbocycles. The van der Waals surface area contributed by atoms with E-state index in [0.29, 0.717) is 16.3 Å². The van der Waals surface area contributed by atoms with Crippen LogP contribution in [-0.2, 0) is 11.2 Å². The number of hydrogen-bond acceptors (Lipinski definition) is 2. The van der Waals surface area contributed by atoms with Gasteiger partial charge in [-0.1, -0.05) is 17.7 Å². The van der Waals surface area contributed by atoms with Crippen molar-refractivity contribution in [2.45, 2.75) is 19.4 Å². The quantitative estimate of drug-likeness (QED) is 0.891. The van der Waals surface area contributed by atoms with Crippen LogP contribution in [0.5, 0.6) is 0 Å². The summed E-state index contributed by atoms with van der Waals surface area (Å²) >= 11 is 6.05. The average molecular weight is 373 g/mol. The number of aryl methyl sites for hydroxylation is 1. The number of benzene rings is 2. The van der Waals surface area contributed by atoms with Crippen molar-refractivity contribution >= 4 is 36.7 Å². The molecule has 2 aromatic rings. The second-order valence-electron chi connectivity index (χ2n) is 5.42. The van der Waals surface area contributed by atoms with E-state index in [1.807, 2.05) is 6.92 Å². The highest BCUT2D eigenvalue weighted by Gasteiger charge is 2.20. The molecule has 0 aliphatic carbocycles. The number of likely N-dealkylation sites (N-methyl/N-ethyl adjacent to an activating group) is 1. The van der Waals surface area contributed by atoms with E-state index in [-0.39, 0.29) is 25.8 Å². The summed E-state index contributed by atoms with van der Waals surface area (Å²) in [5, 5.41) is 0.544. The summed E-state index contributed by atoms with van der Waals surface area (Å²) in [5.41, 5.74) is 7.72. The predicted octanol–water partition coefficient (Wildman–Crippen LogP) is 3.57. The molecule has 0 unspecified atom stereocenters. The minimum Gasteiger partial charge on any atom is -0.320 e. The molecule has 0 saturated heterocycles. The fourth-order valence-electron chi connectivity index (χ4n) is 2.24. The normalized spacial score (nSPS) is 11.6. The van der Waals surface area contributed by atoms with Gasteiger partial charge in [0.05, 0.1) is 6.04 Å². The number of anilines is 1. The molecule has 24 heavy (non-hydrogen) atoms. The van der Waals surface area contributed by atoms with Gasteiger partial charge in [0.15, 0.2) is 0 Å². The number of carbonyl (C=O) groups excluding carboxylic acids is 1. The molecule has 0 heterocycles. The number of amides is 1. The van der Waals surface area contributed by atoms with E-state index in [0.717, 1.165) is 11.6 Å². The molecule has 0 fully saturated rings. The lowest BCUT2D eigenvalue weighted by Gasteiger charge is -2.22. The SMILES string of the molecule is Cc1ccc(N(C)C(=O)[C@@H](N)Cc2cc(F)cc(F)c2)cc1Cl.S. The summed E-state index contributed by atoms with van der Waals surface area (Å²) < 4.78 is 26.4. The fourth-order valence-corrected chi connectivity index (χ4v) is 2.41. The molecule has 7 heteroatoms. The first-order valence-corrected chi connectivity index (χ1v) is 7.40. The standard InChI is InChI=1S/C17H17ClF2N2O.H2S/c1-10-3-4-14(9-15(10)18)22(2)17(23)16(21)7-11-5-12(19)8-13(20)6-11;/h3-6,8-9,16H,7,21H2,1-2H3;1H2/t16-;/m0./s1. The summed E-state index contributed by atoms with van der Waals surface area (Å²) in [5.74, 6) is -1.76. The summed E-state index contributed by atoms with van der Waals surface area (Å²) in [6, 6.07) is 7.42. The summed E-state index contributed by atoms with van der Waals surface area (Å²) in [6.07, 6.45) is 0.0391. The van der Waals surface area contributed by atoms with Gasteiger partial charge in [-0.2, -0.15) is 13.5 Å². The molecular formula is C17H19ClF2N2OS. The number of nitrogens with zero attached hydrogens (tertiary/aromatic N) is 1. The second-order valence-corrected chi connectivity index (χ2v) is 5.83. The van der Waals surface area contributed by atoms with Crippen LogP contribution in [0.2, 0.25) is 5.02 Å². The number of rotatable bonds is 4. The third-order valence-corrected chi connectivity index (χ3v) is 3.98. The van der Waals surface area contributed by atoms with Crippen molar-refractivity contribution in [3.05, 3.63) is 64.2 Å². The van der Waals surface area contributed by atoms with E-state index in [1.54, 1.807) is 25.2 Å². The average Bonchev–Trinajstić information content (AvgIpc) is 2.47. The van der Waals surface area contributed by atoms with Crippen molar-refractivity contribution < 1.29 is 13.6 Å². The van der Waals surface area contributed by atoms with Gasteiger partial charge in [-0.25, -0.2) is 8.78 Å². The second kappa shape index (κ2) is 8.46. The first kappa shape index (κ1) is 20.4. The molecule has 2 N–H and O–H groups in total. The zero-order chi connectivity index (χ0) is 17.1. The van der Waals surface area contributed by atoms with Crippen molar-refractivity contribution in [3.8, 4) is 0 Å². The third-order valence-electron chi connectivity index (χ3n) is 3.57. The zero-order valence-corrected chi connectivity index (χ0v) is 15.1. The van der Waals surface area contributed by atoms with Crippen LogP contribution < -0.4 is 10.6 Å². The molecule has 130 valence electrons. The van der Waals surface area contributed by atoms with Gasteiger partial charge < -0.3 is 10.6 Å².